The summed E-state index contributed by atoms with van der Waals surface area (Å²) in [6, 6.07) is 17.6. The SMILES string of the molecule is Cc1cccc(NC(=O)CSc2nc3c(c(=O)n2Cc2ccccc2)S[C@H](C)C3)c1. The number of thioether (sulfide) groups is 2. The van der Waals surface area contributed by atoms with Crippen molar-refractivity contribution >= 4 is 35.1 Å². The van der Waals surface area contributed by atoms with E-state index in [0.29, 0.717) is 17.0 Å². The monoisotopic (exact) mass is 437 g/mol. The normalized spacial score (nSPS) is 15.1. The number of carbonyl (C=O) groups is 1. The molecule has 1 aromatic heterocycles. The molecule has 0 radical (unpaired) electrons. The van der Waals surface area contributed by atoms with Crippen LogP contribution in [0.5, 0.6) is 0 Å². The Morgan fingerprint density at radius 1 is 1.23 bits per heavy atom. The van der Waals surface area contributed by atoms with Gasteiger partial charge in [-0.05, 0) is 30.2 Å². The number of rotatable bonds is 6. The number of nitrogens with zero attached hydrogens (tertiary/aromatic N) is 2. The summed E-state index contributed by atoms with van der Waals surface area (Å²) in [7, 11) is 0. The van der Waals surface area contributed by atoms with Crippen molar-refractivity contribution in [3.63, 3.8) is 0 Å². The minimum atomic E-state index is -0.116. The molecule has 0 bridgehead atoms. The van der Waals surface area contributed by atoms with Gasteiger partial charge in [0, 0.05) is 17.4 Å². The molecule has 0 aliphatic carbocycles. The van der Waals surface area contributed by atoms with Gasteiger partial charge in [0.2, 0.25) is 5.91 Å². The van der Waals surface area contributed by atoms with Gasteiger partial charge in [0.25, 0.3) is 5.56 Å². The number of hydrogen-bond acceptors (Lipinski definition) is 5. The van der Waals surface area contributed by atoms with Crippen molar-refractivity contribution in [3.05, 3.63) is 81.8 Å². The maximum Gasteiger partial charge on any atom is 0.268 e. The van der Waals surface area contributed by atoms with Gasteiger partial charge in [-0.1, -0.05) is 61.2 Å². The van der Waals surface area contributed by atoms with Gasteiger partial charge in [-0.3, -0.25) is 14.2 Å². The number of aromatic nitrogens is 2. The van der Waals surface area contributed by atoms with Crippen LogP contribution in [-0.4, -0.2) is 26.5 Å². The second kappa shape index (κ2) is 9.10. The Morgan fingerprint density at radius 3 is 2.80 bits per heavy atom. The van der Waals surface area contributed by atoms with Crippen LogP contribution < -0.4 is 10.9 Å². The second-order valence-electron chi connectivity index (χ2n) is 7.39. The molecule has 30 heavy (non-hydrogen) atoms. The molecular weight excluding hydrogens is 414 g/mol. The number of nitrogens with one attached hydrogen (secondary N) is 1. The van der Waals surface area contributed by atoms with Crippen LogP contribution in [0.1, 0.15) is 23.7 Å². The molecule has 5 nitrogen and oxygen atoms in total. The maximum absolute atomic E-state index is 13.2. The third-order valence-electron chi connectivity index (χ3n) is 4.78. The highest BCUT2D eigenvalue weighted by atomic mass is 32.2. The first kappa shape index (κ1) is 20.8. The lowest BCUT2D eigenvalue weighted by atomic mass is 10.2. The molecule has 1 aliphatic heterocycles. The van der Waals surface area contributed by atoms with Crippen molar-refractivity contribution in [2.45, 2.75) is 42.1 Å². The number of benzene rings is 2. The van der Waals surface area contributed by atoms with Crippen LogP contribution >= 0.6 is 23.5 Å². The van der Waals surface area contributed by atoms with Crippen molar-refractivity contribution in [2.24, 2.45) is 0 Å². The fourth-order valence-electron chi connectivity index (χ4n) is 3.40. The summed E-state index contributed by atoms with van der Waals surface area (Å²) in [4.78, 5) is 31.2. The number of anilines is 1. The van der Waals surface area contributed by atoms with Crippen LogP contribution in [0.2, 0.25) is 0 Å². The first-order chi connectivity index (χ1) is 14.5. The zero-order chi connectivity index (χ0) is 21.1. The van der Waals surface area contributed by atoms with E-state index >= 15 is 0 Å². The molecule has 0 fully saturated rings. The number of carbonyl (C=O) groups excluding carboxylic acids is 1. The van der Waals surface area contributed by atoms with Crippen molar-refractivity contribution in [1.82, 2.24) is 9.55 Å². The second-order valence-corrected chi connectivity index (χ2v) is 9.78. The molecule has 0 saturated heterocycles. The average Bonchev–Trinajstić information content (AvgIpc) is 3.10. The van der Waals surface area contributed by atoms with Gasteiger partial charge in [0.05, 0.1) is 22.9 Å². The summed E-state index contributed by atoms with van der Waals surface area (Å²) < 4.78 is 1.70. The lowest BCUT2D eigenvalue weighted by Gasteiger charge is -2.14. The number of hydrogen-bond donors (Lipinski definition) is 1. The molecule has 1 amide bonds. The first-order valence-corrected chi connectivity index (χ1v) is 11.7. The summed E-state index contributed by atoms with van der Waals surface area (Å²) in [6.07, 6.45) is 0.782. The fourth-order valence-corrected chi connectivity index (χ4v) is 5.33. The van der Waals surface area contributed by atoms with E-state index in [0.717, 1.165) is 33.8 Å². The molecule has 1 atom stereocenters. The lowest BCUT2D eigenvalue weighted by Crippen LogP contribution is -2.26. The van der Waals surface area contributed by atoms with Gasteiger partial charge in [-0.2, -0.15) is 0 Å². The minimum Gasteiger partial charge on any atom is -0.325 e. The van der Waals surface area contributed by atoms with Gasteiger partial charge >= 0.3 is 0 Å². The van der Waals surface area contributed by atoms with Crippen molar-refractivity contribution in [3.8, 4) is 0 Å². The van der Waals surface area contributed by atoms with Crippen LogP contribution in [-0.2, 0) is 17.8 Å². The molecular formula is C23H23N3O2S2. The predicted octanol–water partition coefficient (Wildman–Crippen LogP) is 4.37. The highest BCUT2D eigenvalue weighted by Gasteiger charge is 2.26. The van der Waals surface area contributed by atoms with Crippen LogP contribution in [0.3, 0.4) is 0 Å². The van der Waals surface area contributed by atoms with E-state index in [1.165, 1.54) is 11.8 Å². The van der Waals surface area contributed by atoms with Gasteiger partial charge < -0.3 is 5.32 Å². The average molecular weight is 438 g/mol. The number of amides is 1. The van der Waals surface area contributed by atoms with Crippen molar-refractivity contribution in [2.75, 3.05) is 11.1 Å². The Labute approximate surface area is 184 Å². The Hall–Kier alpha value is -2.51. The third kappa shape index (κ3) is 4.79. The van der Waals surface area contributed by atoms with E-state index in [4.69, 9.17) is 4.98 Å². The summed E-state index contributed by atoms with van der Waals surface area (Å²) in [5.74, 6) is 0.0748. The third-order valence-corrected chi connectivity index (χ3v) is 6.97. The summed E-state index contributed by atoms with van der Waals surface area (Å²) >= 11 is 2.90. The van der Waals surface area contributed by atoms with Crippen LogP contribution in [0.15, 0.2) is 69.4 Å². The molecule has 154 valence electrons. The van der Waals surface area contributed by atoms with Gasteiger partial charge in [0.1, 0.15) is 0 Å². The van der Waals surface area contributed by atoms with E-state index in [2.05, 4.69) is 12.2 Å². The van der Waals surface area contributed by atoms with Crippen molar-refractivity contribution < 1.29 is 4.79 Å². The predicted molar refractivity (Wildman–Crippen MR) is 124 cm³/mol. The van der Waals surface area contributed by atoms with E-state index in [1.807, 2.05) is 61.5 Å². The largest absolute Gasteiger partial charge is 0.325 e. The number of aryl methyl sites for hydroxylation is 1. The highest BCUT2D eigenvalue weighted by Crippen LogP contribution is 2.34. The summed E-state index contributed by atoms with van der Waals surface area (Å²) in [5, 5.41) is 3.85. The van der Waals surface area contributed by atoms with E-state index in [-0.39, 0.29) is 17.2 Å². The molecule has 1 N–H and O–H groups in total. The topological polar surface area (TPSA) is 64.0 Å². The molecule has 3 aromatic rings. The molecule has 0 unspecified atom stereocenters. The quantitative estimate of drug-likeness (QED) is 0.458. The van der Waals surface area contributed by atoms with Crippen LogP contribution in [0, 0.1) is 6.92 Å². The van der Waals surface area contributed by atoms with Crippen molar-refractivity contribution in [1.29, 1.82) is 0 Å². The maximum atomic E-state index is 13.2. The Morgan fingerprint density at radius 2 is 2.03 bits per heavy atom. The standard InChI is InChI=1S/C23H23N3O2S2/c1-15-7-6-10-18(11-15)24-20(27)14-29-23-25-19-12-16(2)30-21(19)22(28)26(23)13-17-8-4-3-5-9-17/h3-11,16H,12-14H2,1-2H3,(H,24,27)/t16-/m1/s1. The molecule has 1 aliphatic rings. The zero-order valence-electron chi connectivity index (χ0n) is 16.9. The van der Waals surface area contributed by atoms with Gasteiger partial charge in [0.15, 0.2) is 5.16 Å². The van der Waals surface area contributed by atoms with E-state index in [9.17, 15) is 9.59 Å². The lowest BCUT2D eigenvalue weighted by molar-refractivity contribution is -0.113. The zero-order valence-corrected chi connectivity index (χ0v) is 18.6. The molecule has 2 heterocycles. The van der Waals surface area contributed by atoms with Gasteiger partial charge in [-0.15, -0.1) is 11.8 Å². The minimum absolute atomic E-state index is 0.0141. The highest BCUT2D eigenvalue weighted by molar-refractivity contribution is 8.00. The molecule has 0 saturated carbocycles. The Kier molecular flexibility index (Phi) is 6.29. The molecule has 2 aromatic carbocycles. The molecule has 0 spiro atoms. The van der Waals surface area contributed by atoms with E-state index < -0.39 is 0 Å². The Bertz CT molecular complexity index is 1130. The first-order valence-electron chi connectivity index (χ1n) is 9.83. The fraction of sp³-hybridized carbons (Fsp3) is 0.261. The Balaban J connectivity index is 1.57. The number of fused-ring (bicyclic) bond motifs is 1. The van der Waals surface area contributed by atoms with E-state index in [1.54, 1.807) is 16.3 Å². The van der Waals surface area contributed by atoms with Crippen LogP contribution in [0.25, 0.3) is 0 Å². The smallest absolute Gasteiger partial charge is 0.268 e. The van der Waals surface area contributed by atoms with Gasteiger partial charge in [-0.25, -0.2) is 4.98 Å². The summed E-state index contributed by atoms with van der Waals surface area (Å²) in [5.41, 5.74) is 3.73. The molecule has 4 rings (SSSR count). The molecule has 7 heteroatoms. The summed E-state index contributed by atoms with van der Waals surface area (Å²) in [6.45, 7) is 4.53. The van der Waals surface area contributed by atoms with Crippen LogP contribution in [0.4, 0.5) is 5.69 Å².